The summed E-state index contributed by atoms with van der Waals surface area (Å²) in [5.74, 6) is 0. The van der Waals surface area contributed by atoms with Crippen molar-refractivity contribution >= 4 is 11.8 Å². The van der Waals surface area contributed by atoms with E-state index >= 15 is 0 Å². The van der Waals surface area contributed by atoms with Crippen molar-refractivity contribution in [2.24, 2.45) is 0 Å². The molecule has 0 atom stereocenters. The quantitative estimate of drug-likeness (QED) is 0.557. The number of pyridine rings is 1. The Kier molecular flexibility index (Phi) is 3.52. The highest BCUT2D eigenvalue weighted by molar-refractivity contribution is 5.50. The molecule has 5 nitrogen and oxygen atoms in total. The maximum atomic E-state index is 10.5. The molecule has 0 spiro atoms. The standard InChI is InChI=1S/C10H9N3O2/c1-8-6-9(4-2-3-5-11)12-7-10(8)13(14)15/h2,4,6-7H,3H2,1H3. The number of nitriles is 1. The molecule has 0 aliphatic carbocycles. The monoisotopic (exact) mass is 203 g/mol. The van der Waals surface area contributed by atoms with Crippen LogP contribution in [0.15, 0.2) is 18.3 Å². The summed E-state index contributed by atoms with van der Waals surface area (Å²) < 4.78 is 0. The van der Waals surface area contributed by atoms with Crippen molar-refractivity contribution in [2.75, 3.05) is 0 Å². The fraction of sp³-hybridized carbons (Fsp3) is 0.200. The lowest BCUT2D eigenvalue weighted by molar-refractivity contribution is -0.385. The zero-order chi connectivity index (χ0) is 11.3. The molecule has 0 N–H and O–H groups in total. The Bertz CT molecular complexity index is 446. The maximum Gasteiger partial charge on any atom is 0.290 e. The van der Waals surface area contributed by atoms with Gasteiger partial charge in [0.1, 0.15) is 6.20 Å². The highest BCUT2D eigenvalue weighted by Crippen LogP contribution is 2.16. The first kappa shape index (κ1) is 10.9. The Balaban J connectivity index is 2.93. The van der Waals surface area contributed by atoms with Crippen LogP contribution in [0.3, 0.4) is 0 Å². The predicted octanol–water partition coefficient (Wildman–Crippen LogP) is 2.23. The third-order valence-corrected chi connectivity index (χ3v) is 1.80. The van der Waals surface area contributed by atoms with Crippen LogP contribution in [-0.2, 0) is 0 Å². The molecule has 0 unspecified atom stereocenters. The largest absolute Gasteiger partial charge is 0.290 e. The van der Waals surface area contributed by atoms with E-state index in [1.807, 2.05) is 6.07 Å². The number of hydrogen-bond donors (Lipinski definition) is 0. The Labute approximate surface area is 86.8 Å². The van der Waals surface area contributed by atoms with E-state index in [2.05, 4.69) is 4.98 Å². The Morgan fingerprint density at radius 3 is 3.00 bits per heavy atom. The molecule has 1 rings (SSSR count). The number of hydrogen-bond acceptors (Lipinski definition) is 4. The van der Waals surface area contributed by atoms with Gasteiger partial charge in [0.2, 0.25) is 0 Å². The van der Waals surface area contributed by atoms with Crippen molar-refractivity contribution < 1.29 is 4.92 Å². The van der Waals surface area contributed by atoms with E-state index in [0.29, 0.717) is 17.7 Å². The number of aromatic nitrogens is 1. The molecular weight excluding hydrogens is 194 g/mol. The van der Waals surface area contributed by atoms with Gasteiger partial charge in [0.05, 0.1) is 23.1 Å². The predicted molar refractivity (Wildman–Crippen MR) is 54.9 cm³/mol. The molecule has 0 saturated carbocycles. The topological polar surface area (TPSA) is 79.8 Å². The minimum atomic E-state index is -0.467. The molecule has 0 aliphatic heterocycles. The van der Waals surface area contributed by atoms with Crippen LogP contribution < -0.4 is 0 Å². The van der Waals surface area contributed by atoms with Gasteiger partial charge in [-0.25, -0.2) is 4.98 Å². The first-order valence-electron chi connectivity index (χ1n) is 4.29. The van der Waals surface area contributed by atoms with Crippen molar-refractivity contribution in [1.82, 2.24) is 4.98 Å². The molecule has 0 bridgehead atoms. The van der Waals surface area contributed by atoms with E-state index in [0.717, 1.165) is 0 Å². The Hall–Kier alpha value is -2.22. The summed E-state index contributed by atoms with van der Waals surface area (Å²) in [6, 6.07) is 3.58. The van der Waals surface area contributed by atoms with Gasteiger partial charge in [0.15, 0.2) is 0 Å². The van der Waals surface area contributed by atoms with Gasteiger partial charge in [-0.2, -0.15) is 5.26 Å². The lowest BCUT2D eigenvalue weighted by Crippen LogP contribution is -1.93. The van der Waals surface area contributed by atoms with E-state index in [-0.39, 0.29) is 5.69 Å². The first-order chi connectivity index (χ1) is 7.15. The van der Waals surface area contributed by atoms with Crippen LogP contribution in [-0.4, -0.2) is 9.91 Å². The van der Waals surface area contributed by atoms with Crippen LogP contribution in [0.4, 0.5) is 5.69 Å². The van der Waals surface area contributed by atoms with Crippen LogP contribution in [0.1, 0.15) is 17.7 Å². The number of nitro groups is 1. The smallest absolute Gasteiger partial charge is 0.258 e. The molecule has 0 saturated heterocycles. The third-order valence-electron chi connectivity index (χ3n) is 1.80. The molecule has 0 aromatic carbocycles. The van der Waals surface area contributed by atoms with Gasteiger partial charge < -0.3 is 0 Å². The second-order valence-electron chi connectivity index (χ2n) is 2.92. The van der Waals surface area contributed by atoms with E-state index in [4.69, 9.17) is 5.26 Å². The van der Waals surface area contributed by atoms with E-state index < -0.39 is 4.92 Å². The summed E-state index contributed by atoms with van der Waals surface area (Å²) >= 11 is 0. The second-order valence-corrected chi connectivity index (χ2v) is 2.92. The van der Waals surface area contributed by atoms with Crippen molar-refractivity contribution in [3.63, 3.8) is 0 Å². The van der Waals surface area contributed by atoms with Crippen LogP contribution in [0.2, 0.25) is 0 Å². The number of nitrogens with zero attached hydrogens (tertiary/aromatic N) is 3. The average Bonchev–Trinajstić information content (AvgIpc) is 2.17. The van der Waals surface area contributed by atoms with Gasteiger partial charge in [0.25, 0.3) is 5.69 Å². The fourth-order valence-corrected chi connectivity index (χ4v) is 1.09. The van der Waals surface area contributed by atoms with Crippen LogP contribution in [0.25, 0.3) is 6.08 Å². The van der Waals surface area contributed by atoms with Gasteiger partial charge in [-0.05, 0) is 19.1 Å². The van der Waals surface area contributed by atoms with Crippen molar-refractivity contribution in [2.45, 2.75) is 13.3 Å². The summed E-state index contributed by atoms with van der Waals surface area (Å²) in [5, 5.41) is 18.8. The lowest BCUT2D eigenvalue weighted by atomic mass is 10.2. The number of rotatable bonds is 3. The molecular formula is C10H9N3O2. The highest BCUT2D eigenvalue weighted by atomic mass is 16.6. The summed E-state index contributed by atoms with van der Waals surface area (Å²) in [7, 11) is 0. The van der Waals surface area contributed by atoms with Gasteiger partial charge in [0, 0.05) is 5.56 Å². The van der Waals surface area contributed by atoms with Gasteiger partial charge in [-0.3, -0.25) is 10.1 Å². The van der Waals surface area contributed by atoms with E-state index in [1.54, 1.807) is 25.1 Å². The van der Waals surface area contributed by atoms with Crippen molar-refractivity contribution in [3.05, 3.63) is 39.7 Å². The summed E-state index contributed by atoms with van der Waals surface area (Å²) in [6.45, 7) is 1.65. The Morgan fingerprint density at radius 2 is 2.47 bits per heavy atom. The van der Waals surface area contributed by atoms with Gasteiger partial charge in [-0.15, -0.1) is 0 Å². The third kappa shape index (κ3) is 2.88. The summed E-state index contributed by atoms with van der Waals surface area (Å²) in [5.41, 5.74) is 1.19. The number of aryl methyl sites for hydroxylation is 1. The zero-order valence-corrected chi connectivity index (χ0v) is 8.17. The molecule has 0 fully saturated rings. The van der Waals surface area contributed by atoms with Crippen LogP contribution in [0.5, 0.6) is 0 Å². The molecule has 1 aromatic heterocycles. The molecule has 0 radical (unpaired) electrons. The highest BCUT2D eigenvalue weighted by Gasteiger charge is 2.09. The molecule has 0 amide bonds. The summed E-state index contributed by atoms with van der Waals surface area (Å²) in [4.78, 5) is 13.9. The van der Waals surface area contributed by atoms with E-state index in [9.17, 15) is 10.1 Å². The second kappa shape index (κ2) is 4.86. The number of allylic oxidation sites excluding steroid dienone is 1. The van der Waals surface area contributed by atoms with Crippen LogP contribution >= 0.6 is 0 Å². The molecule has 76 valence electrons. The van der Waals surface area contributed by atoms with Crippen molar-refractivity contribution in [3.8, 4) is 6.07 Å². The first-order valence-corrected chi connectivity index (χ1v) is 4.29. The molecule has 0 aliphatic rings. The lowest BCUT2D eigenvalue weighted by Gasteiger charge is -1.97. The molecule has 15 heavy (non-hydrogen) atoms. The SMILES string of the molecule is Cc1cc(C=CCC#N)ncc1[N+](=O)[O-]. The molecule has 1 heterocycles. The Morgan fingerprint density at radius 1 is 1.73 bits per heavy atom. The molecule has 1 aromatic rings. The molecule has 5 heteroatoms. The van der Waals surface area contributed by atoms with Crippen LogP contribution in [0, 0.1) is 28.4 Å². The van der Waals surface area contributed by atoms with Gasteiger partial charge >= 0.3 is 0 Å². The van der Waals surface area contributed by atoms with E-state index in [1.165, 1.54) is 6.20 Å². The average molecular weight is 203 g/mol. The van der Waals surface area contributed by atoms with Crippen molar-refractivity contribution in [1.29, 1.82) is 5.26 Å². The zero-order valence-electron chi connectivity index (χ0n) is 8.17. The normalized spacial score (nSPS) is 10.1. The summed E-state index contributed by atoms with van der Waals surface area (Å²) in [6.07, 6.45) is 4.85. The fourth-order valence-electron chi connectivity index (χ4n) is 1.09. The maximum absolute atomic E-state index is 10.5. The van der Waals surface area contributed by atoms with Gasteiger partial charge in [-0.1, -0.05) is 6.08 Å². The minimum Gasteiger partial charge on any atom is -0.258 e. The minimum absolute atomic E-state index is 0.00688.